The number of phenolic OH excluding ortho intramolecular Hbond substituents is 1. The zero-order chi connectivity index (χ0) is 36.5. The second-order valence-corrected chi connectivity index (χ2v) is 14.0. The molecule has 11 heteroatoms. The Morgan fingerprint density at radius 3 is 2.27 bits per heavy atom. The van der Waals surface area contributed by atoms with Crippen LogP contribution in [0.5, 0.6) is 11.5 Å². The topological polar surface area (TPSA) is 142 Å². The van der Waals surface area contributed by atoms with Crippen LogP contribution in [0.15, 0.2) is 109 Å². The summed E-state index contributed by atoms with van der Waals surface area (Å²) >= 11 is 6.39. The summed E-state index contributed by atoms with van der Waals surface area (Å²) in [6.45, 7) is 2.05. The number of amides is 4. The predicted molar refractivity (Wildman–Crippen MR) is 191 cm³/mol. The summed E-state index contributed by atoms with van der Waals surface area (Å²) in [6.07, 6.45) is 2.12. The number of hydrogen-bond donors (Lipinski definition) is 2. The first-order valence-electron chi connectivity index (χ1n) is 17.1. The molecule has 0 radical (unpaired) electrons. The van der Waals surface area contributed by atoms with Gasteiger partial charge in [0.1, 0.15) is 0 Å². The highest BCUT2D eigenvalue weighted by Gasteiger charge is 2.70. The third kappa shape index (κ3) is 4.74. The van der Waals surface area contributed by atoms with Gasteiger partial charge in [0, 0.05) is 16.5 Å². The van der Waals surface area contributed by atoms with E-state index in [-0.39, 0.29) is 42.2 Å². The molecule has 10 nitrogen and oxygen atoms in total. The van der Waals surface area contributed by atoms with Gasteiger partial charge in [-0.3, -0.25) is 24.1 Å². The number of aromatic hydroxyl groups is 1. The van der Waals surface area contributed by atoms with Crippen LogP contribution < -0.4 is 14.5 Å². The molecule has 6 atom stereocenters. The average molecular weight is 717 g/mol. The molecule has 4 amide bonds. The Labute approximate surface area is 303 Å². The molecule has 0 aromatic heterocycles. The predicted octanol–water partition coefficient (Wildman–Crippen LogP) is 6.51. The molecule has 4 aromatic rings. The second-order valence-electron chi connectivity index (χ2n) is 13.6. The molecule has 2 saturated heterocycles. The lowest BCUT2D eigenvalue weighted by Crippen LogP contribution is -2.53. The number of nitrogens with zero attached hydrogens (tertiary/aromatic N) is 2. The van der Waals surface area contributed by atoms with E-state index in [1.165, 1.54) is 29.2 Å². The monoisotopic (exact) mass is 716 g/mol. The van der Waals surface area contributed by atoms with Gasteiger partial charge in [-0.05, 0) is 73.7 Å². The number of rotatable bonds is 7. The van der Waals surface area contributed by atoms with Gasteiger partial charge in [0.2, 0.25) is 23.6 Å². The highest BCUT2D eigenvalue weighted by molar-refractivity contribution is 6.32. The van der Waals surface area contributed by atoms with Crippen molar-refractivity contribution in [3.8, 4) is 11.5 Å². The minimum Gasteiger partial charge on any atom is -0.504 e. The van der Waals surface area contributed by atoms with Gasteiger partial charge in [-0.2, -0.15) is 0 Å². The van der Waals surface area contributed by atoms with Crippen LogP contribution in [0.4, 0.5) is 11.4 Å². The highest BCUT2D eigenvalue weighted by atomic mass is 35.5. The van der Waals surface area contributed by atoms with Crippen LogP contribution in [0.2, 0.25) is 5.02 Å². The van der Waals surface area contributed by atoms with E-state index in [1.807, 2.05) is 24.3 Å². The Kier molecular flexibility index (Phi) is 8.02. The van der Waals surface area contributed by atoms with Gasteiger partial charge in [-0.1, -0.05) is 77.8 Å². The van der Waals surface area contributed by atoms with Crippen LogP contribution in [0, 0.1) is 23.7 Å². The smallest absolute Gasteiger partial charge is 0.335 e. The number of anilines is 2. The number of benzene rings is 4. The van der Waals surface area contributed by atoms with Crippen molar-refractivity contribution >= 4 is 52.6 Å². The minimum absolute atomic E-state index is 0.0635. The quantitative estimate of drug-likeness (QED) is 0.163. The van der Waals surface area contributed by atoms with Crippen LogP contribution in [0.1, 0.15) is 47.2 Å². The third-order valence-electron chi connectivity index (χ3n) is 11.2. The Hall–Kier alpha value is -5.74. The molecule has 2 aliphatic carbocycles. The lowest BCUT2D eigenvalue weighted by atomic mass is 9.49. The average Bonchev–Trinajstić information content (AvgIpc) is 3.53. The zero-order valence-corrected chi connectivity index (χ0v) is 28.7. The number of phenols is 1. The lowest BCUT2D eigenvalue weighted by Gasteiger charge is -2.50. The van der Waals surface area contributed by atoms with E-state index in [1.54, 1.807) is 61.5 Å². The first-order valence-corrected chi connectivity index (χ1v) is 17.5. The van der Waals surface area contributed by atoms with E-state index in [4.69, 9.17) is 16.3 Å². The Balaban J connectivity index is 1.35. The number of halogens is 1. The van der Waals surface area contributed by atoms with Gasteiger partial charge in [0.25, 0.3) is 0 Å². The van der Waals surface area contributed by atoms with Crippen molar-refractivity contribution in [2.24, 2.45) is 23.7 Å². The van der Waals surface area contributed by atoms with E-state index in [0.717, 1.165) is 4.90 Å². The number of para-hydroxylation sites is 1. The number of imide groups is 2. The third-order valence-corrected chi connectivity index (χ3v) is 11.4. The maximum Gasteiger partial charge on any atom is 0.335 e. The first kappa shape index (κ1) is 33.4. The second kappa shape index (κ2) is 12.5. The largest absolute Gasteiger partial charge is 0.504 e. The molecule has 8 rings (SSSR count). The van der Waals surface area contributed by atoms with Crippen molar-refractivity contribution in [3.05, 3.63) is 130 Å². The van der Waals surface area contributed by atoms with Crippen LogP contribution in [-0.4, -0.2) is 46.4 Å². The van der Waals surface area contributed by atoms with Gasteiger partial charge in [-0.25, -0.2) is 9.69 Å². The Bertz CT molecular complexity index is 2220. The number of aromatic carboxylic acids is 1. The number of allylic oxidation sites excluding steroid dienone is 2. The maximum absolute atomic E-state index is 15.4. The molecule has 3 fully saturated rings. The number of hydrogen-bond acceptors (Lipinski definition) is 7. The highest BCUT2D eigenvalue weighted by Crippen LogP contribution is 2.65. The number of carbonyl (C=O) groups is 5. The summed E-state index contributed by atoms with van der Waals surface area (Å²) < 4.78 is 5.80. The van der Waals surface area contributed by atoms with Crippen molar-refractivity contribution in [2.45, 2.75) is 31.1 Å². The summed E-state index contributed by atoms with van der Waals surface area (Å²) in [5.74, 6) is -7.45. The zero-order valence-electron chi connectivity index (χ0n) is 27.9. The van der Waals surface area contributed by atoms with E-state index in [0.29, 0.717) is 27.4 Å². The molecule has 52 heavy (non-hydrogen) atoms. The molecule has 2 heterocycles. The number of carboxylic acid groups (broad SMARTS) is 1. The first-order chi connectivity index (χ1) is 25.1. The number of carboxylic acids is 1. The summed E-state index contributed by atoms with van der Waals surface area (Å²) in [6, 6.07) is 26.3. The van der Waals surface area contributed by atoms with Crippen LogP contribution in [0.3, 0.4) is 0 Å². The minimum atomic E-state index is -1.57. The summed E-state index contributed by atoms with van der Waals surface area (Å²) in [7, 11) is 0. The summed E-state index contributed by atoms with van der Waals surface area (Å²) in [4.78, 5) is 72.9. The Morgan fingerprint density at radius 1 is 0.846 bits per heavy atom. The van der Waals surface area contributed by atoms with E-state index in [9.17, 15) is 29.4 Å². The fourth-order valence-corrected chi connectivity index (χ4v) is 9.35. The van der Waals surface area contributed by atoms with Crippen molar-refractivity contribution in [2.75, 3.05) is 16.4 Å². The standard InChI is InChI=1S/C41H33ClN2O8/c1-2-52-32-16-8-15-29(35(32)45)34-27-17-18-28-33(38(48)43(36(28)46)25-13-6-9-22(19-25)39(49)50)30(27)21-31-37(47)44(26-14-7-12-24(42)20-26)40(51)41(31,34)23-10-4-3-5-11-23/h3-17,19-20,28,30-31,33-34,45H,2,18,21H2,1H3,(H,49,50). The molecule has 1 saturated carbocycles. The van der Waals surface area contributed by atoms with Crippen LogP contribution in [-0.2, 0) is 24.6 Å². The maximum atomic E-state index is 15.4. The molecule has 262 valence electrons. The van der Waals surface area contributed by atoms with Crippen molar-refractivity contribution in [3.63, 3.8) is 0 Å². The van der Waals surface area contributed by atoms with Gasteiger partial charge >= 0.3 is 5.97 Å². The molecule has 2 N–H and O–H groups in total. The van der Waals surface area contributed by atoms with E-state index < -0.39 is 64.6 Å². The molecule has 0 spiro atoms. The number of carbonyl (C=O) groups excluding carboxylic acids is 4. The van der Waals surface area contributed by atoms with Gasteiger partial charge in [0.15, 0.2) is 11.5 Å². The van der Waals surface area contributed by atoms with Gasteiger partial charge in [0.05, 0.1) is 46.7 Å². The van der Waals surface area contributed by atoms with Crippen molar-refractivity contribution in [1.82, 2.24) is 0 Å². The summed E-state index contributed by atoms with van der Waals surface area (Å²) in [5.41, 5.74) is 0.393. The summed E-state index contributed by atoms with van der Waals surface area (Å²) in [5, 5.41) is 21.9. The van der Waals surface area contributed by atoms with Crippen molar-refractivity contribution < 1.29 is 38.9 Å². The molecule has 0 bridgehead atoms. The molecule has 4 aliphatic rings. The normalized spacial score (nSPS) is 26.5. The van der Waals surface area contributed by atoms with Gasteiger partial charge in [-0.15, -0.1) is 0 Å². The van der Waals surface area contributed by atoms with E-state index >= 15 is 4.79 Å². The van der Waals surface area contributed by atoms with Crippen molar-refractivity contribution in [1.29, 1.82) is 0 Å². The molecule has 2 aliphatic heterocycles. The molecule has 4 aromatic carbocycles. The SMILES string of the molecule is CCOc1cccc(C2C3=CCC4C(=O)N(c5cccc(C(=O)O)c5)C(=O)C4C3CC3C(=O)N(c4cccc(Cl)c4)C(=O)C32c2ccccc2)c1O. The fraction of sp³-hybridized carbons (Fsp3) is 0.244. The Morgan fingerprint density at radius 2 is 1.56 bits per heavy atom. The molecular weight excluding hydrogens is 684 g/mol. The van der Waals surface area contributed by atoms with Crippen LogP contribution >= 0.6 is 11.6 Å². The number of fused-ring (bicyclic) bond motifs is 4. The lowest BCUT2D eigenvalue weighted by molar-refractivity contribution is -0.127. The fourth-order valence-electron chi connectivity index (χ4n) is 9.17. The molecule has 6 unspecified atom stereocenters. The molecular formula is C41H33ClN2O8. The van der Waals surface area contributed by atoms with Crippen LogP contribution in [0.25, 0.3) is 0 Å². The van der Waals surface area contributed by atoms with E-state index in [2.05, 4.69) is 0 Å². The van der Waals surface area contributed by atoms with Gasteiger partial charge < -0.3 is 14.9 Å². The number of ether oxygens (including phenoxy) is 1.